The second-order valence-corrected chi connectivity index (χ2v) is 11.8. The Morgan fingerprint density at radius 3 is 1.71 bits per heavy atom. The van der Waals surface area contributed by atoms with Gasteiger partial charge in [-0.3, -0.25) is 0 Å². The summed E-state index contributed by atoms with van der Waals surface area (Å²) in [6, 6.07) is 55.0. The zero-order chi connectivity index (χ0) is 30.2. The zero-order valence-electron chi connectivity index (χ0n) is 25.4. The van der Waals surface area contributed by atoms with Crippen LogP contribution in [0.4, 0.5) is 28.4 Å². The van der Waals surface area contributed by atoms with E-state index in [-0.39, 0.29) is 0 Å². The molecule has 0 fully saturated rings. The number of aryl methyl sites for hydroxylation is 1. The Labute approximate surface area is 265 Å². The molecule has 0 atom stereocenters. The number of rotatable bonds is 6. The number of nitrogens with zero attached hydrogens (tertiary/aromatic N) is 2. The van der Waals surface area contributed by atoms with Crippen LogP contribution in [0.1, 0.15) is 17.5 Å². The smallest absolute Gasteiger partial charge is 0.0567 e. The van der Waals surface area contributed by atoms with Crippen molar-refractivity contribution in [2.45, 2.75) is 12.8 Å². The second-order valence-electron chi connectivity index (χ2n) is 11.8. The summed E-state index contributed by atoms with van der Waals surface area (Å²) in [6.07, 6.45) is 6.77. The van der Waals surface area contributed by atoms with Gasteiger partial charge in [-0.25, -0.2) is 0 Å². The van der Waals surface area contributed by atoms with Crippen LogP contribution in [-0.2, 0) is 6.42 Å². The lowest BCUT2D eigenvalue weighted by atomic mass is 9.96. The Kier molecular flexibility index (Phi) is 6.88. The topological polar surface area (TPSA) is 6.48 Å². The third-order valence-corrected chi connectivity index (χ3v) is 9.07. The summed E-state index contributed by atoms with van der Waals surface area (Å²) >= 11 is 0. The van der Waals surface area contributed by atoms with Crippen molar-refractivity contribution in [1.29, 1.82) is 0 Å². The Hall–Kier alpha value is -5.60. The van der Waals surface area contributed by atoms with E-state index < -0.39 is 0 Å². The fourth-order valence-electron chi connectivity index (χ4n) is 6.74. The molecule has 0 saturated heterocycles. The summed E-state index contributed by atoms with van der Waals surface area (Å²) in [5.74, 6) is 0. The first-order valence-corrected chi connectivity index (χ1v) is 15.7. The van der Waals surface area contributed by atoms with E-state index in [9.17, 15) is 0 Å². The number of benzene rings is 7. The van der Waals surface area contributed by atoms with Crippen molar-refractivity contribution in [3.05, 3.63) is 169 Å². The molecular formula is C43H34N2. The van der Waals surface area contributed by atoms with Gasteiger partial charge in [0.15, 0.2) is 0 Å². The highest BCUT2D eigenvalue weighted by atomic mass is 15.1. The standard InChI is InChI=1S/C43H34N2/c1-44(43-41-17-9-7-13-35(41)29-36-14-8-10-18-42(36)43)37-24-19-32(20-25-37)33-21-26-39(27-22-33)45(38-15-3-2-4-16-38)40-28-23-31-11-5-6-12-34(31)30-40/h2-4,6-10,12-30H,5,11H2,1H3. The van der Waals surface area contributed by atoms with Crippen molar-refractivity contribution in [3.63, 3.8) is 0 Å². The van der Waals surface area contributed by atoms with Crippen molar-refractivity contribution in [2.75, 3.05) is 16.8 Å². The molecule has 0 aliphatic heterocycles. The molecule has 0 saturated carbocycles. The predicted octanol–water partition coefficient (Wildman–Crippen LogP) is 11.9. The largest absolute Gasteiger partial charge is 0.344 e. The maximum Gasteiger partial charge on any atom is 0.0567 e. The first-order chi connectivity index (χ1) is 22.2. The summed E-state index contributed by atoms with van der Waals surface area (Å²) < 4.78 is 0. The van der Waals surface area contributed by atoms with Gasteiger partial charge in [0, 0.05) is 40.6 Å². The number of anilines is 5. The van der Waals surface area contributed by atoms with Gasteiger partial charge in [0.25, 0.3) is 0 Å². The molecule has 0 spiro atoms. The zero-order valence-corrected chi connectivity index (χ0v) is 25.4. The van der Waals surface area contributed by atoms with Crippen molar-refractivity contribution in [1.82, 2.24) is 0 Å². The monoisotopic (exact) mass is 578 g/mol. The van der Waals surface area contributed by atoms with Gasteiger partial charge >= 0.3 is 0 Å². The van der Waals surface area contributed by atoms with Crippen molar-refractivity contribution >= 4 is 56.1 Å². The molecule has 7 aromatic carbocycles. The summed E-state index contributed by atoms with van der Waals surface area (Å²) in [5, 5.41) is 5.03. The summed E-state index contributed by atoms with van der Waals surface area (Å²) in [6.45, 7) is 0. The van der Waals surface area contributed by atoms with Crippen molar-refractivity contribution in [3.8, 4) is 11.1 Å². The normalized spacial score (nSPS) is 12.3. The van der Waals surface area contributed by atoms with E-state index in [4.69, 9.17) is 0 Å². The van der Waals surface area contributed by atoms with Crippen LogP contribution >= 0.6 is 0 Å². The molecule has 2 nitrogen and oxygen atoms in total. The third kappa shape index (κ3) is 5.05. The molecule has 7 aromatic rings. The Balaban J connectivity index is 1.11. The lowest BCUT2D eigenvalue weighted by Gasteiger charge is -2.27. The molecule has 0 amide bonds. The highest BCUT2D eigenvalue weighted by molar-refractivity contribution is 6.12. The maximum absolute atomic E-state index is 2.35. The molecule has 0 bridgehead atoms. The average molecular weight is 579 g/mol. The van der Waals surface area contributed by atoms with Crippen LogP contribution in [0.5, 0.6) is 0 Å². The van der Waals surface area contributed by atoms with Gasteiger partial charge in [0.05, 0.1) is 5.69 Å². The minimum Gasteiger partial charge on any atom is -0.344 e. The van der Waals surface area contributed by atoms with Gasteiger partial charge in [-0.05, 0) is 100 Å². The molecule has 8 rings (SSSR count). The minimum atomic E-state index is 1.11. The fourth-order valence-corrected chi connectivity index (χ4v) is 6.74. The van der Waals surface area contributed by atoms with Gasteiger partial charge < -0.3 is 9.80 Å². The van der Waals surface area contributed by atoms with Gasteiger partial charge in [-0.2, -0.15) is 0 Å². The maximum atomic E-state index is 2.35. The SMILES string of the molecule is CN(c1ccc(-c2ccc(N(c3ccccc3)c3ccc4c(c3)C=CCC4)cc2)cc1)c1c2ccccc2cc2ccccc12. The molecule has 1 aliphatic rings. The number of allylic oxidation sites excluding steroid dienone is 1. The molecule has 216 valence electrons. The van der Waals surface area contributed by atoms with Crippen LogP contribution in [0.3, 0.4) is 0 Å². The van der Waals surface area contributed by atoms with Gasteiger partial charge in [-0.1, -0.05) is 109 Å². The van der Waals surface area contributed by atoms with Crippen LogP contribution < -0.4 is 9.80 Å². The molecule has 1 aliphatic carbocycles. The number of hydrogen-bond acceptors (Lipinski definition) is 2. The van der Waals surface area contributed by atoms with E-state index in [1.165, 1.54) is 55.2 Å². The van der Waals surface area contributed by atoms with Crippen molar-refractivity contribution < 1.29 is 0 Å². The van der Waals surface area contributed by atoms with Crippen LogP contribution in [0.2, 0.25) is 0 Å². The van der Waals surface area contributed by atoms with Crippen LogP contribution in [-0.4, -0.2) is 7.05 Å². The lowest BCUT2D eigenvalue weighted by Crippen LogP contribution is -2.11. The Morgan fingerprint density at radius 2 is 1.04 bits per heavy atom. The Bertz CT molecular complexity index is 2110. The van der Waals surface area contributed by atoms with E-state index in [1.807, 2.05) is 0 Å². The average Bonchev–Trinajstić information content (AvgIpc) is 3.11. The Morgan fingerprint density at radius 1 is 0.489 bits per heavy atom. The third-order valence-electron chi connectivity index (χ3n) is 9.07. The highest BCUT2D eigenvalue weighted by Crippen LogP contribution is 2.40. The molecule has 0 unspecified atom stereocenters. The molecular weight excluding hydrogens is 544 g/mol. The van der Waals surface area contributed by atoms with E-state index in [0.29, 0.717) is 0 Å². The highest BCUT2D eigenvalue weighted by Gasteiger charge is 2.16. The molecule has 45 heavy (non-hydrogen) atoms. The van der Waals surface area contributed by atoms with Gasteiger partial charge in [-0.15, -0.1) is 0 Å². The number of hydrogen-bond donors (Lipinski definition) is 0. The lowest BCUT2D eigenvalue weighted by molar-refractivity contribution is 0.985. The molecule has 0 heterocycles. The van der Waals surface area contributed by atoms with Crippen molar-refractivity contribution in [2.24, 2.45) is 0 Å². The number of fused-ring (bicyclic) bond motifs is 3. The van der Waals surface area contributed by atoms with Crippen LogP contribution in [0.15, 0.2) is 158 Å². The second kappa shape index (κ2) is 11.5. The summed E-state index contributed by atoms with van der Waals surface area (Å²) in [7, 11) is 2.17. The molecule has 0 N–H and O–H groups in total. The summed E-state index contributed by atoms with van der Waals surface area (Å²) in [4.78, 5) is 4.67. The molecule has 0 aromatic heterocycles. The van der Waals surface area contributed by atoms with E-state index in [1.54, 1.807) is 0 Å². The quantitative estimate of drug-likeness (QED) is 0.181. The molecule has 2 heteroatoms. The summed E-state index contributed by atoms with van der Waals surface area (Å²) in [5.41, 5.74) is 11.0. The minimum absolute atomic E-state index is 1.11. The van der Waals surface area contributed by atoms with Crippen LogP contribution in [0.25, 0.3) is 38.7 Å². The van der Waals surface area contributed by atoms with E-state index in [2.05, 4.69) is 181 Å². The fraction of sp³-hybridized carbons (Fsp3) is 0.0698. The first-order valence-electron chi connectivity index (χ1n) is 15.7. The van der Waals surface area contributed by atoms with Gasteiger partial charge in [0.2, 0.25) is 0 Å². The number of para-hydroxylation sites is 1. The first kappa shape index (κ1) is 27.0. The molecule has 0 radical (unpaired) electrons. The van der Waals surface area contributed by atoms with E-state index in [0.717, 1.165) is 29.9 Å². The van der Waals surface area contributed by atoms with Crippen LogP contribution in [0, 0.1) is 0 Å². The van der Waals surface area contributed by atoms with E-state index >= 15 is 0 Å². The van der Waals surface area contributed by atoms with Gasteiger partial charge in [0.1, 0.15) is 0 Å². The predicted molar refractivity (Wildman–Crippen MR) is 193 cm³/mol.